The van der Waals surface area contributed by atoms with Gasteiger partial charge in [0.1, 0.15) is 0 Å². The Morgan fingerprint density at radius 2 is 1.05 bits per heavy atom. The summed E-state index contributed by atoms with van der Waals surface area (Å²) in [5.41, 5.74) is 1.19. The van der Waals surface area contributed by atoms with Gasteiger partial charge in [0.2, 0.25) is 0 Å². The Bertz CT molecular complexity index is 628. The molecule has 0 aromatic heterocycles. The lowest BCUT2D eigenvalue weighted by molar-refractivity contribution is 1.22. The van der Waals surface area contributed by atoms with Gasteiger partial charge in [0.15, 0.2) is 0 Å². The summed E-state index contributed by atoms with van der Waals surface area (Å²) in [5.74, 6) is 0. The van der Waals surface area contributed by atoms with E-state index in [2.05, 4.69) is 90.2 Å². The molecule has 2 heteroatoms. The van der Waals surface area contributed by atoms with Gasteiger partial charge in [-0.1, -0.05) is 78.9 Å². The highest BCUT2D eigenvalue weighted by atomic mass is 31.1. The van der Waals surface area contributed by atoms with Gasteiger partial charge in [0, 0.05) is 12.2 Å². The number of hydrogen-bond acceptors (Lipinski definition) is 1. The molecular weight excluding hydrogens is 285 g/mol. The highest BCUT2D eigenvalue weighted by Gasteiger charge is 2.12. The maximum atomic E-state index is 3.53. The molecule has 1 nitrogen and oxygen atoms in total. The molecule has 0 aliphatic carbocycles. The number of para-hydroxylation sites is 1. The molecule has 0 heterocycles. The van der Waals surface area contributed by atoms with E-state index in [0.29, 0.717) is 0 Å². The molecule has 0 radical (unpaired) electrons. The van der Waals surface area contributed by atoms with Crippen molar-refractivity contribution < 1.29 is 0 Å². The van der Waals surface area contributed by atoms with E-state index in [4.69, 9.17) is 0 Å². The zero-order valence-corrected chi connectivity index (χ0v) is 13.4. The Balaban J connectivity index is 1.72. The fourth-order valence-corrected chi connectivity index (χ4v) is 4.71. The van der Waals surface area contributed by atoms with Crippen molar-refractivity contribution in [2.75, 3.05) is 18.0 Å². The molecule has 3 aromatic rings. The Hall–Kier alpha value is -2.11. The Labute approximate surface area is 133 Å². The Morgan fingerprint density at radius 1 is 0.591 bits per heavy atom. The summed E-state index contributed by atoms with van der Waals surface area (Å²) < 4.78 is 0. The van der Waals surface area contributed by atoms with Crippen molar-refractivity contribution in [3.63, 3.8) is 0 Å². The third kappa shape index (κ3) is 3.96. The van der Waals surface area contributed by atoms with E-state index in [9.17, 15) is 0 Å². The number of nitrogens with one attached hydrogen (secondary N) is 1. The van der Waals surface area contributed by atoms with E-state index in [1.807, 2.05) is 6.07 Å². The summed E-state index contributed by atoms with van der Waals surface area (Å²) >= 11 is 0. The maximum Gasteiger partial charge on any atom is 0.0340 e. The van der Waals surface area contributed by atoms with Crippen LogP contribution in [0.5, 0.6) is 0 Å². The van der Waals surface area contributed by atoms with E-state index in [0.717, 1.165) is 12.7 Å². The van der Waals surface area contributed by atoms with Gasteiger partial charge in [-0.2, -0.15) is 0 Å². The molecule has 0 atom stereocenters. The van der Waals surface area contributed by atoms with Crippen LogP contribution in [-0.2, 0) is 0 Å². The lowest BCUT2D eigenvalue weighted by atomic mass is 10.3. The number of anilines is 1. The lowest BCUT2D eigenvalue weighted by Crippen LogP contribution is -2.18. The lowest BCUT2D eigenvalue weighted by Gasteiger charge is -2.19. The minimum absolute atomic E-state index is 0.310. The summed E-state index contributed by atoms with van der Waals surface area (Å²) in [6.07, 6.45) is 1.14. The second-order valence-electron chi connectivity index (χ2n) is 5.12. The summed E-state index contributed by atoms with van der Waals surface area (Å²) in [6, 6.07) is 32.2. The average molecular weight is 305 g/mol. The quantitative estimate of drug-likeness (QED) is 0.672. The first-order chi connectivity index (χ1) is 10.9. The molecule has 0 fully saturated rings. The first-order valence-corrected chi connectivity index (χ1v) is 9.13. The molecule has 0 unspecified atom stereocenters. The van der Waals surface area contributed by atoms with Crippen LogP contribution >= 0.6 is 7.92 Å². The second kappa shape index (κ2) is 7.77. The maximum absolute atomic E-state index is 3.53. The van der Waals surface area contributed by atoms with Crippen molar-refractivity contribution in [3.05, 3.63) is 91.0 Å². The van der Waals surface area contributed by atoms with Gasteiger partial charge < -0.3 is 5.32 Å². The van der Waals surface area contributed by atoms with Crippen LogP contribution in [0.1, 0.15) is 0 Å². The van der Waals surface area contributed by atoms with Crippen molar-refractivity contribution in [2.24, 2.45) is 0 Å². The van der Waals surface area contributed by atoms with E-state index < -0.39 is 0 Å². The Kier molecular flexibility index (Phi) is 5.23. The molecule has 0 amide bonds. The SMILES string of the molecule is c1ccc(NCCP(c2ccccc2)c2ccccc2)cc1. The van der Waals surface area contributed by atoms with Crippen LogP contribution in [0, 0.1) is 0 Å². The van der Waals surface area contributed by atoms with Crippen LogP contribution in [0.4, 0.5) is 5.69 Å². The molecule has 0 saturated carbocycles. The normalized spacial score (nSPS) is 10.6. The van der Waals surface area contributed by atoms with Gasteiger partial charge in [-0.05, 0) is 36.8 Å². The van der Waals surface area contributed by atoms with Gasteiger partial charge >= 0.3 is 0 Å². The first kappa shape index (κ1) is 14.8. The van der Waals surface area contributed by atoms with Crippen molar-refractivity contribution >= 4 is 24.2 Å². The van der Waals surface area contributed by atoms with Crippen LogP contribution < -0.4 is 15.9 Å². The summed E-state index contributed by atoms with van der Waals surface area (Å²) in [5, 5.41) is 6.42. The minimum atomic E-state index is -0.310. The predicted molar refractivity (Wildman–Crippen MR) is 98.9 cm³/mol. The highest BCUT2D eigenvalue weighted by Crippen LogP contribution is 2.32. The first-order valence-electron chi connectivity index (χ1n) is 7.60. The van der Waals surface area contributed by atoms with Crippen LogP contribution in [0.3, 0.4) is 0 Å². The van der Waals surface area contributed by atoms with Crippen molar-refractivity contribution in [1.82, 2.24) is 0 Å². The molecule has 1 N–H and O–H groups in total. The van der Waals surface area contributed by atoms with Crippen LogP contribution in [0.15, 0.2) is 91.0 Å². The van der Waals surface area contributed by atoms with Gasteiger partial charge in [-0.15, -0.1) is 0 Å². The zero-order chi connectivity index (χ0) is 15.0. The smallest absolute Gasteiger partial charge is 0.0340 e. The molecule has 22 heavy (non-hydrogen) atoms. The van der Waals surface area contributed by atoms with Crippen LogP contribution in [0.25, 0.3) is 0 Å². The van der Waals surface area contributed by atoms with E-state index in [1.54, 1.807) is 0 Å². The van der Waals surface area contributed by atoms with E-state index >= 15 is 0 Å². The zero-order valence-electron chi connectivity index (χ0n) is 12.5. The number of benzene rings is 3. The predicted octanol–water partition coefficient (Wildman–Crippen LogP) is 4.23. The van der Waals surface area contributed by atoms with Crippen molar-refractivity contribution in [3.8, 4) is 0 Å². The monoisotopic (exact) mass is 305 g/mol. The topological polar surface area (TPSA) is 12.0 Å². The fraction of sp³-hybridized carbons (Fsp3) is 0.100. The molecular formula is C20H20NP. The second-order valence-corrected chi connectivity index (χ2v) is 7.45. The largest absolute Gasteiger partial charge is 0.385 e. The highest BCUT2D eigenvalue weighted by molar-refractivity contribution is 7.73. The number of rotatable bonds is 6. The van der Waals surface area contributed by atoms with E-state index in [-0.39, 0.29) is 7.92 Å². The van der Waals surface area contributed by atoms with Crippen molar-refractivity contribution in [2.45, 2.75) is 0 Å². The fourth-order valence-electron chi connectivity index (χ4n) is 2.49. The summed E-state index contributed by atoms with van der Waals surface area (Å²) in [6.45, 7) is 0.986. The standard InChI is InChI=1S/C20H20NP/c1-4-10-18(11-5-1)21-16-17-22(19-12-6-2-7-13-19)20-14-8-3-9-15-20/h1-15,21H,16-17H2. The Morgan fingerprint density at radius 3 is 1.55 bits per heavy atom. The minimum Gasteiger partial charge on any atom is -0.385 e. The summed E-state index contributed by atoms with van der Waals surface area (Å²) in [4.78, 5) is 0. The van der Waals surface area contributed by atoms with Gasteiger partial charge in [0.25, 0.3) is 0 Å². The third-order valence-corrected chi connectivity index (χ3v) is 6.09. The molecule has 110 valence electrons. The molecule has 3 aromatic carbocycles. The van der Waals surface area contributed by atoms with Crippen LogP contribution in [-0.4, -0.2) is 12.7 Å². The molecule has 0 spiro atoms. The molecule has 0 aliphatic rings. The molecule has 3 rings (SSSR count). The molecule has 0 saturated heterocycles. The third-order valence-electron chi connectivity index (χ3n) is 3.57. The molecule has 0 bridgehead atoms. The summed E-state index contributed by atoms with van der Waals surface area (Å²) in [7, 11) is -0.310. The van der Waals surface area contributed by atoms with Crippen LogP contribution in [0.2, 0.25) is 0 Å². The van der Waals surface area contributed by atoms with Gasteiger partial charge in [-0.25, -0.2) is 0 Å². The van der Waals surface area contributed by atoms with E-state index in [1.165, 1.54) is 16.3 Å². The average Bonchev–Trinajstić information content (AvgIpc) is 2.61. The van der Waals surface area contributed by atoms with Gasteiger partial charge in [0.05, 0.1) is 0 Å². The van der Waals surface area contributed by atoms with Crippen molar-refractivity contribution in [1.29, 1.82) is 0 Å². The van der Waals surface area contributed by atoms with Gasteiger partial charge in [-0.3, -0.25) is 0 Å². The number of hydrogen-bond donors (Lipinski definition) is 1. The molecule has 0 aliphatic heterocycles.